The minimum atomic E-state index is -0.617. The number of aliphatic hydroxyl groups excluding tert-OH is 1. The predicted molar refractivity (Wildman–Crippen MR) is 53.3 cm³/mol. The molecular weight excluding hydrogens is 200 g/mol. The molecule has 0 saturated carbocycles. The fraction of sp³-hybridized carbons (Fsp3) is 1.00. The SMILES string of the molecule is COCOC(CO)C1OC(C)(C)OC1C. The molecule has 0 spiro atoms. The van der Waals surface area contributed by atoms with Gasteiger partial charge in [-0.25, -0.2) is 0 Å². The molecule has 0 aromatic carbocycles. The number of aliphatic hydroxyl groups is 1. The van der Waals surface area contributed by atoms with Crippen LogP contribution in [0.15, 0.2) is 0 Å². The summed E-state index contributed by atoms with van der Waals surface area (Å²) < 4.78 is 21.3. The zero-order valence-electron chi connectivity index (χ0n) is 9.73. The van der Waals surface area contributed by atoms with Gasteiger partial charge in [-0.1, -0.05) is 0 Å². The molecule has 3 atom stereocenters. The van der Waals surface area contributed by atoms with E-state index in [0.717, 1.165) is 0 Å². The molecule has 0 aromatic heterocycles. The molecule has 0 bridgehead atoms. The Bertz CT molecular complexity index is 194. The van der Waals surface area contributed by atoms with Crippen molar-refractivity contribution in [3.05, 3.63) is 0 Å². The Morgan fingerprint density at radius 3 is 2.47 bits per heavy atom. The van der Waals surface area contributed by atoms with Crippen LogP contribution in [0.5, 0.6) is 0 Å². The number of ether oxygens (including phenoxy) is 4. The van der Waals surface area contributed by atoms with E-state index in [0.29, 0.717) is 0 Å². The highest BCUT2D eigenvalue weighted by atomic mass is 16.8. The lowest BCUT2D eigenvalue weighted by molar-refractivity contribution is -0.175. The third-order valence-electron chi connectivity index (χ3n) is 2.30. The maximum atomic E-state index is 9.18. The molecule has 15 heavy (non-hydrogen) atoms. The van der Waals surface area contributed by atoms with Gasteiger partial charge in [0.2, 0.25) is 0 Å². The van der Waals surface area contributed by atoms with E-state index < -0.39 is 11.9 Å². The molecule has 1 aliphatic heterocycles. The molecule has 1 fully saturated rings. The minimum Gasteiger partial charge on any atom is -0.394 e. The summed E-state index contributed by atoms with van der Waals surface area (Å²) in [4.78, 5) is 0. The molecule has 1 heterocycles. The summed E-state index contributed by atoms with van der Waals surface area (Å²) in [6, 6.07) is 0. The van der Waals surface area contributed by atoms with E-state index in [1.54, 1.807) is 0 Å². The van der Waals surface area contributed by atoms with E-state index in [1.807, 2.05) is 20.8 Å². The summed E-state index contributed by atoms with van der Waals surface area (Å²) in [6.45, 7) is 5.61. The van der Waals surface area contributed by atoms with Crippen LogP contribution in [-0.2, 0) is 18.9 Å². The molecule has 5 heteroatoms. The standard InChI is InChI=1S/C10H20O5/c1-7-9(15-10(2,3)14-7)8(5-11)13-6-12-4/h7-9,11H,5-6H2,1-4H3. The smallest absolute Gasteiger partial charge is 0.163 e. The Balaban J connectivity index is 2.53. The van der Waals surface area contributed by atoms with Crippen molar-refractivity contribution < 1.29 is 24.1 Å². The van der Waals surface area contributed by atoms with Crippen molar-refractivity contribution in [2.75, 3.05) is 20.5 Å². The third kappa shape index (κ3) is 3.39. The van der Waals surface area contributed by atoms with Crippen molar-refractivity contribution in [1.29, 1.82) is 0 Å². The monoisotopic (exact) mass is 220 g/mol. The second-order valence-electron chi connectivity index (χ2n) is 4.10. The highest BCUT2D eigenvalue weighted by molar-refractivity contribution is 4.84. The van der Waals surface area contributed by atoms with Crippen LogP contribution in [-0.4, -0.2) is 49.7 Å². The Hall–Kier alpha value is -0.200. The van der Waals surface area contributed by atoms with Gasteiger partial charge in [0.25, 0.3) is 0 Å². The predicted octanol–water partition coefficient (Wildman–Crippen LogP) is 0.508. The quantitative estimate of drug-likeness (QED) is 0.684. The minimum absolute atomic E-state index is 0.103. The van der Waals surface area contributed by atoms with Crippen molar-refractivity contribution in [2.24, 2.45) is 0 Å². The number of hydrogen-bond acceptors (Lipinski definition) is 5. The van der Waals surface area contributed by atoms with Crippen molar-refractivity contribution in [2.45, 2.75) is 44.9 Å². The van der Waals surface area contributed by atoms with Crippen LogP contribution in [0.4, 0.5) is 0 Å². The summed E-state index contributed by atoms with van der Waals surface area (Å²) in [5.74, 6) is -0.617. The van der Waals surface area contributed by atoms with E-state index >= 15 is 0 Å². The normalized spacial score (nSPS) is 31.8. The maximum absolute atomic E-state index is 9.18. The zero-order chi connectivity index (χ0) is 11.5. The molecule has 1 N–H and O–H groups in total. The van der Waals surface area contributed by atoms with Crippen LogP contribution in [0.2, 0.25) is 0 Å². The molecule has 0 amide bonds. The number of hydrogen-bond donors (Lipinski definition) is 1. The van der Waals surface area contributed by atoms with Crippen LogP contribution in [0.25, 0.3) is 0 Å². The van der Waals surface area contributed by atoms with Gasteiger partial charge in [-0.15, -0.1) is 0 Å². The summed E-state index contributed by atoms with van der Waals surface area (Å²) in [6.07, 6.45) is -0.782. The first kappa shape index (κ1) is 12.9. The van der Waals surface area contributed by atoms with E-state index in [1.165, 1.54) is 7.11 Å². The molecular formula is C10H20O5. The van der Waals surface area contributed by atoms with Crippen molar-refractivity contribution in [3.63, 3.8) is 0 Å². The van der Waals surface area contributed by atoms with E-state index in [4.69, 9.17) is 18.9 Å². The first-order valence-corrected chi connectivity index (χ1v) is 5.07. The molecule has 0 aliphatic carbocycles. The highest BCUT2D eigenvalue weighted by Gasteiger charge is 2.43. The van der Waals surface area contributed by atoms with Crippen molar-refractivity contribution >= 4 is 0 Å². The molecule has 90 valence electrons. The Labute approximate surface area is 90.3 Å². The Morgan fingerprint density at radius 2 is 2.07 bits per heavy atom. The molecule has 1 rings (SSSR count). The van der Waals surface area contributed by atoms with Gasteiger partial charge in [-0.2, -0.15) is 0 Å². The first-order valence-electron chi connectivity index (χ1n) is 5.07. The molecule has 3 unspecified atom stereocenters. The van der Waals surface area contributed by atoms with E-state index in [-0.39, 0.29) is 25.6 Å². The van der Waals surface area contributed by atoms with Crippen LogP contribution in [0.3, 0.4) is 0 Å². The number of rotatable bonds is 5. The Kier molecular flexibility index (Phi) is 4.48. The summed E-state index contributed by atoms with van der Waals surface area (Å²) in [5, 5.41) is 9.18. The fourth-order valence-corrected chi connectivity index (χ4v) is 1.75. The fourth-order valence-electron chi connectivity index (χ4n) is 1.75. The van der Waals surface area contributed by atoms with Crippen molar-refractivity contribution in [1.82, 2.24) is 0 Å². The van der Waals surface area contributed by atoms with Gasteiger partial charge in [0.1, 0.15) is 19.0 Å². The van der Waals surface area contributed by atoms with Crippen LogP contribution in [0, 0.1) is 0 Å². The van der Waals surface area contributed by atoms with Gasteiger partial charge >= 0.3 is 0 Å². The van der Waals surface area contributed by atoms with E-state index in [2.05, 4.69) is 0 Å². The second kappa shape index (κ2) is 5.23. The zero-order valence-corrected chi connectivity index (χ0v) is 9.73. The summed E-state index contributed by atoms with van der Waals surface area (Å²) >= 11 is 0. The molecule has 5 nitrogen and oxygen atoms in total. The van der Waals surface area contributed by atoms with Gasteiger partial charge in [-0.3, -0.25) is 0 Å². The van der Waals surface area contributed by atoms with Crippen LogP contribution >= 0.6 is 0 Å². The maximum Gasteiger partial charge on any atom is 0.163 e. The van der Waals surface area contributed by atoms with Crippen molar-refractivity contribution in [3.8, 4) is 0 Å². The molecule has 0 radical (unpaired) electrons. The van der Waals surface area contributed by atoms with Crippen LogP contribution < -0.4 is 0 Å². The molecule has 1 saturated heterocycles. The van der Waals surface area contributed by atoms with Gasteiger partial charge in [-0.05, 0) is 20.8 Å². The first-order chi connectivity index (χ1) is 7.00. The second-order valence-corrected chi connectivity index (χ2v) is 4.10. The van der Waals surface area contributed by atoms with Crippen LogP contribution in [0.1, 0.15) is 20.8 Å². The largest absolute Gasteiger partial charge is 0.394 e. The van der Waals surface area contributed by atoms with Gasteiger partial charge in [0, 0.05) is 7.11 Å². The number of methoxy groups -OCH3 is 1. The lowest BCUT2D eigenvalue weighted by Crippen LogP contribution is -2.39. The third-order valence-corrected chi connectivity index (χ3v) is 2.30. The lowest BCUT2D eigenvalue weighted by Gasteiger charge is -2.23. The van der Waals surface area contributed by atoms with E-state index in [9.17, 15) is 5.11 Å². The summed E-state index contributed by atoms with van der Waals surface area (Å²) in [7, 11) is 1.54. The topological polar surface area (TPSA) is 57.2 Å². The van der Waals surface area contributed by atoms with Gasteiger partial charge < -0.3 is 24.1 Å². The van der Waals surface area contributed by atoms with Gasteiger partial charge in [0.15, 0.2) is 5.79 Å². The summed E-state index contributed by atoms with van der Waals surface area (Å²) in [5.41, 5.74) is 0. The lowest BCUT2D eigenvalue weighted by atomic mass is 10.1. The average Bonchev–Trinajstić information content (AvgIpc) is 2.42. The molecule has 0 aromatic rings. The average molecular weight is 220 g/mol. The van der Waals surface area contributed by atoms with Gasteiger partial charge in [0.05, 0.1) is 12.7 Å². The molecule has 1 aliphatic rings. The highest BCUT2D eigenvalue weighted by Crippen LogP contribution is 2.30. The Morgan fingerprint density at radius 1 is 1.40 bits per heavy atom.